The van der Waals surface area contributed by atoms with Crippen molar-refractivity contribution in [2.75, 3.05) is 32.9 Å². The largest absolute Gasteiger partial charge is 0.491 e. The maximum atomic E-state index is 13.4. The molecular weight excluding hydrogens is 492 g/mol. The summed E-state index contributed by atoms with van der Waals surface area (Å²) >= 11 is 0. The Balaban J connectivity index is 2.11. The van der Waals surface area contributed by atoms with E-state index in [9.17, 15) is 14.4 Å². The van der Waals surface area contributed by atoms with Crippen LogP contribution in [0.5, 0.6) is 5.75 Å². The number of esters is 1. The number of nitrogens with zero attached hydrogens (tertiary/aromatic N) is 2. The topological polar surface area (TPSA) is 115 Å². The third-order valence-electron chi connectivity index (χ3n) is 5.95. The van der Waals surface area contributed by atoms with E-state index in [2.05, 4.69) is 0 Å². The lowest BCUT2D eigenvalue weighted by molar-refractivity contribution is -0.140. The molecule has 1 aromatic rings. The first-order valence-electron chi connectivity index (χ1n) is 13.0. The Kier molecular flexibility index (Phi) is 8.97. The van der Waals surface area contributed by atoms with Gasteiger partial charge in [0.05, 0.1) is 30.9 Å². The SMILES string of the molecule is CCOC(=O)C1=C(c2cccc(OCCO)c2)CC2CN(C(=O)OC(C)(C)C)CC1N2C(=O)OC(C)(C)C. The Morgan fingerprint density at radius 1 is 1.00 bits per heavy atom. The second-order valence-electron chi connectivity index (χ2n) is 11.4. The van der Waals surface area contributed by atoms with E-state index >= 15 is 0 Å². The van der Waals surface area contributed by atoms with Crippen molar-refractivity contribution in [1.29, 1.82) is 0 Å². The number of rotatable bonds is 6. The smallest absolute Gasteiger partial charge is 0.411 e. The second-order valence-corrected chi connectivity index (χ2v) is 11.4. The van der Waals surface area contributed by atoms with E-state index in [1.54, 1.807) is 71.6 Å². The predicted octanol–water partition coefficient (Wildman–Crippen LogP) is 4.00. The summed E-state index contributed by atoms with van der Waals surface area (Å²) in [5.41, 5.74) is 0.308. The standard InChI is InChI=1S/C28H40N2O8/c1-8-35-24(32)23-21(18-10-9-11-20(14-18)36-13-12-31)15-19-16-29(25(33)37-27(2,3)4)17-22(23)30(19)26(34)38-28(5,6)7/h9-11,14,19,22,31H,8,12-13,15-17H2,1-7H3. The molecule has 2 heterocycles. The van der Waals surface area contributed by atoms with Crippen LogP contribution in [0.2, 0.25) is 0 Å². The van der Waals surface area contributed by atoms with Gasteiger partial charge in [-0.05, 0) is 78.2 Å². The molecule has 1 saturated heterocycles. The van der Waals surface area contributed by atoms with Gasteiger partial charge in [0, 0.05) is 13.1 Å². The highest BCUT2D eigenvalue weighted by Crippen LogP contribution is 2.40. The summed E-state index contributed by atoms with van der Waals surface area (Å²) in [6.07, 6.45) is -0.785. The van der Waals surface area contributed by atoms with Crippen LogP contribution in [0.4, 0.5) is 9.59 Å². The molecule has 0 aliphatic carbocycles. The average Bonchev–Trinajstić information content (AvgIpc) is 2.79. The van der Waals surface area contributed by atoms with E-state index in [1.165, 1.54) is 4.90 Å². The maximum Gasteiger partial charge on any atom is 0.411 e. The molecule has 1 aromatic carbocycles. The van der Waals surface area contributed by atoms with Gasteiger partial charge in [-0.3, -0.25) is 4.90 Å². The minimum Gasteiger partial charge on any atom is -0.491 e. The highest BCUT2D eigenvalue weighted by atomic mass is 16.6. The fourth-order valence-electron chi connectivity index (χ4n) is 4.65. The molecule has 10 heteroatoms. The van der Waals surface area contributed by atoms with Gasteiger partial charge in [0.15, 0.2) is 0 Å². The van der Waals surface area contributed by atoms with E-state index in [-0.39, 0.29) is 39.3 Å². The number of hydrogen-bond donors (Lipinski definition) is 1. The summed E-state index contributed by atoms with van der Waals surface area (Å²) in [4.78, 5) is 43.0. The molecule has 2 aliphatic heterocycles. The number of aliphatic hydroxyl groups excluding tert-OH is 1. The molecule has 2 atom stereocenters. The Hall–Kier alpha value is -3.27. The van der Waals surface area contributed by atoms with Gasteiger partial charge in [0.25, 0.3) is 0 Å². The normalized spacial score (nSPS) is 19.7. The van der Waals surface area contributed by atoms with Crippen LogP contribution < -0.4 is 4.74 Å². The van der Waals surface area contributed by atoms with Crippen LogP contribution >= 0.6 is 0 Å². The zero-order valence-electron chi connectivity index (χ0n) is 23.4. The number of carbonyl (C=O) groups excluding carboxylic acids is 3. The minimum atomic E-state index is -0.805. The van der Waals surface area contributed by atoms with Crippen molar-refractivity contribution in [3.63, 3.8) is 0 Å². The Labute approximate surface area is 224 Å². The molecule has 38 heavy (non-hydrogen) atoms. The van der Waals surface area contributed by atoms with E-state index < -0.39 is 41.4 Å². The molecule has 0 saturated carbocycles. The molecule has 210 valence electrons. The molecule has 2 aliphatic rings. The van der Waals surface area contributed by atoms with Crippen molar-refractivity contribution >= 4 is 23.7 Å². The molecule has 0 spiro atoms. The van der Waals surface area contributed by atoms with E-state index in [4.69, 9.17) is 24.1 Å². The Morgan fingerprint density at radius 3 is 2.26 bits per heavy atom. The van der Waals surface area contributed by atoms with Crippen molar-refractivity contribution < 1.29 is 38.4 Å². The molecule has 2 amide bonds. The van der Waals surface area contributed by atoms with Crippen molar-refractivity contribution in [3.8, 4) is 5.75 Å². The summed E-state index contributed by atoms with van der Waals surface area (Å²) in [5, 5.41) is 9.14. The minimum absolute atomic E-state index is 0.0446. The lowest BCUT2D eigenvalue weighted by atomic mass is 9.82. The van der Waals surface area contributed by atoms with E-state index in [0.717, 1.165) is 11.1 Å². The van der Waals surface area contributed by atoms with Gasteiger partial charge < -0.3 is 29.0 Å². The average molecular weight is 533 g/mol. The van der Waals surface area contributed by atoms with Crippen molar-refractivity contribution in [2.45, 2.75) is 78.2 Å². The predicted molar refractivity (Wildman–Crippen MR) is 141 cm³/mol. The number of benzene rings is 1. The summed E-state index contributed by atoms with van der Waals surface area (Å²) in [6.45, 7) is 12.8. The van der Waals surface area contributed by atoms with Gasteiger partial charge in [-0.25, -0.2) is 14.4 Å². The third kappa shape index (κ3) is 7.18. The van der Waals surface area contributed by atoms with Gasteiger partial charge in [0.2, 0.25) is 0 Å². The van der Waals surface area contributed by atoms with E-state index in [0.29, 0.717) is 11.3 Å². The van der Waals surface area contributed by atoms with Crippen molar-refractivity contribution in [2.24, 2.45) is 0 Å². The number of amides is 2. The number of carbonyl (C=O) groups is 3. The number of ether oxygens (including phenoxy) is 4. The monoisotopic (exact) mass is 532 g/mol. The molecular formula is C28H40N2O8. The van der Waals surface area contributed by atoms with Gasteiger partial charge in [-0.1, -0.05) is 12.1 Å². The Morgan fingerprint density at radius 2 is 1.66 bits per heavy atom. The van der Waals surface area contributed by atoms with Crippen LogP contribution in [0, 0.1) is 0 Å². The summed E-state index contributed by atoms with van der Waals surface area (Å²) in [6, 6.07) is 5.97. The molecule has 0 aromatic heterocycles. The number of aliphatic hydroxyl groups is 1. The highest BCUT2D eigenvalue weighted by Gasteiger charge is 2.49. The lowest BCUT2D eigenvalue weighted by Crippen LogP contribution is -2.65. The number of fused-ring (bicyclic) bond motifs is 2. The van der Waals surface area contributed by atoms with Crippen molar-refractivity contribution in [1.82, 2.24) is 9.80 Å². The number of hydrogen-bond acceptors (Lipinski definition) is 8. The quantitative estimate of drug-likeness (QED) is 0.432. The van der Waals surface area contributed by atoms with Crippen LogP contribution in [-0.2, 0) is 19.0 Å². The molecule has 0 radical (unpaired) electrons. The van der Waals surface area contributed by atoms with Gasteiger partial charge >= 0.3 is 18.2 Å². The molecule has 2 unspecified atom stereocenters. The number of piperazine rings is 1. The van der Waals surface area contributed by atoms with Crippen LogP contribution in [0.25, 0.3) is 5.57 Å². The first-order valence-corrected chi connectivity index (χ1v) is 13.0. The second kappa shape index (κ2) is 11.6. The highest BCUT2D eigenvalue weighted by molar-refractivity contribution is 6.01. The first-order chi connectivity index (χ1) is 17.7. The van der Waals surface area contributed by atoms with Crippen LogP contribution in [0.15, 0.2) is 29.8 Å². The summed E-state index contributed by atoms with van der Waals surface area (Å²) in [7, 11) is 0. The summed E-state index contributed by atoms with van der Waals surface area (Å²) < 4.78 is 22.4. The van der Waals surface area contributed by atoms with Crippen LogP contribution in [0.3, 0.4) is 0 Å². The third-order valence-corrected chi connectivity index (χ3v) is 5.95. The van der Waals surface area contributed by atoms with Crippen molar-refractivity contribution in [3.05, 3.63) is 35.4 Å². The van der Waals surface area contributed by atoms with Gasteiger partial charge in [0.1, 0.15) is 23.6 Å². The van der Waals surface area contributed by atoms with E-state index in [1.807, 2.05) is 6.07 Å². The maximum absolute atomic E-state index is 13.4. The lowest BCUT2D eigenvalue weighted by Gasteiger charge is -2.50. The van der Waals surface area contributed by atoms with Gasteiger partial charge in [-0.2, -0.15) is 0 Å². The zero-order valence-corrected chi connectivity index (χ0v) is 23.4. The van der Waals surface area contributed by atoms with Gasteiger partial charge in [-0.15, -0.1) is 0 Å². The summed E-state index contributed by atoms with van der Waals surface area (Å²) in [5.74, 6) is -0.0189. The van der Waals surface area contributed by atoms with Crippen LogP contribution in [-0.4, -0.2) is 89.3 Å². The fourth-order valence-corrected chi connectivity index (χ4v) is 4.65. The molecule has 1 N–H and O–H groups in total. The zero-order chi connectivity index (χ0) is 28.3. The molecule has 1 fully saturated rings. The van der Waals surface area contributed by atoms with Crippen LogP contribution in [0.1, 0.15) is 60.5 Å². The molecule has 2 bridgehead atoms. The first kappa shape index (κ1) is 29.3. The molecule has 10 nitrogen and oxygen atoms in total. The molecule has 3 rings (SSSR count). The fraction of sp³-hybridized carbons (Fsp3) is 0.607. The Bertz CT molecular complexity index is 1070.